The fraction of sp³-hybridized carbons (Fsp3) is 0.129. The Kier molecular flexibility index (Phi) is 6.52. The highest BCUT2D eigenvalue weighted by Gasteiger charge is 2.38. The molecule has 1 aliphatic rings. The van der Waals surface area contributed by atoms with E-state index in [9.17, 15) is 0 Å². The van der Waals surface area contributed by atoms with Crippen LogP contribution in [0.4, 0.5) is 0 Å². The van der Waals surface area contributed by atoms with E-state index in [0.717, 1.165) is 39.4 Å². The predicted molar refractivity (Wildman–Crippen MR) is 157 cm³/mol. The highest BCUT2D eigenvalue weighted by Crippen LogP contribution is 2.49. The molecular formula is C31H24ClN7O3. The van der Waals surface area contributed by atoms with Crippen molar-refractivity contribution in [3.8, 4) is 23.2 Å². The van der Waals surface area contributed by atoms with Gasteiger partial charge in [0.15, 0.2) is 18.1 Å². The molecule has 7 rings (SSSR count). The molecule has 208 valence electrons. The maximum absolute atomic E-state index is 6.46. The van der Waals surface area contributed by atoms with E-state index in [-0.39, 0.29) is 12.5 Å². The first-order chi connectivity index (χ1) is 20.6. The van der Waals surface area contributed by atoms with Crippen LogP contribution >= 0.6 is 11.6 Å². The van der Waals surface area contributed by atoms with Gasteiger partial charge in [0.2, 0.25) is 11.8 Å². The van der Waals surface area contributed by atoms with Gasteiger partial charge in [-0.15, -0.1) is 5.10 Å². The molecule has 0 spiro atoms. The predicted octanol–water partition coefficient (Wildman–Crippen LogP) is 6.12. The summed E-state index contributed by atoms with van der Waals surface area (Å²) in [5.41, 5.74) is 5.91. The summed E-state index contributed by atoms with van der Waals surface area (Å²) >= 11 is 6.27. The van der Waals surface area contributed by atoms with Crippen LogP contribution in [-0.4, -0.2) is 42.7 Å². The monoisotopic (exact) mass is 577 g/mol. The third kappa shape index (κ3) is 4.61. The van der Waals surface area contributed by atoms with Crippen LogP contribution in [0.1, 0.15) is 39.7 Å². The molecule has 3 aromatic heterocycles. The number of aromatic nitrogens is 6. The standard InChI is InChI=1S/C31H24ClN7O3/c1-19-26-27(21-10-12-22(32)13-11-21)28-29-35-25(17-41-34-16-20-8-14-24(40-2)15-9-20)37-38(29)18-33-30(28)42-31(26)39(36-19)23-6-4-3-5-7-23/h3-16,18,27H,17H2,1-2H3/b34-16-. The van der Waals surface area contributed by atoms with Gasteiger partial charge in [-0.2, -0.15) is 5.10 Å². The average molecular weight is 578 g/mol. The van der Waals surface area contributed by atoms with E-state index < -0.39 is 0 Å². The van der Waals surface area contributed by atoms with E-state index in [1.165, 1.54) is 0 Å². The SMILES string of the molecule is COc1ccc(/C=N\OCc2nc3c4c(ncn3n2)Oc2c(c(C)nn2-c2ccccc2)C4c2ccc(Cl)cc2)cc1. The molecule has 1 unspecified atom stereocenters. The number of benzene rings is 3. The van der Waals surface area contributed by atoms with Crippen LogP contribution in [-0.2, 0) is 11.4 Å². The van der Waals surface area contributed by atoms with Gasteiger partial charge in [-0.3, -0.25) is 0 Å². The molecule has 6 aromatic rings. The number of hydrogen-bond donors (Lipinski definition) is 0. The van der Waals surface area contributed by atoms with Gasteiger partial charge in [0.1, 0.15) is 12.1 Å². The molecule has 0 aliphatic carbocycles. The smallest absolute Gasteiger partial charge is 0.230 e. The molecule has 4 heterocycles. The van der Waals surface area contributed by atoms with Crippen molar-refractivity contribution in [2.24, 2.45) is 5.16 Å². The first-order valence-electron chi connectivity index (χ1n) is 13.2. The Balaban J connectivity index is 1.27. The summed E-state index contributed by atoms with van der Waals surface area (Å²) in [4.78, 5) is 15.0. The average Bonchev–Trinajstić information content (AvgIpc) is 3.60. The molecule has 1 atom stereocenters. The zero-order chi connectivity index (χ0) is 28.6. The number of halogens is 1. The Morgan fingerprint density at radius 2 is 1.76 bits per heavy atom. The second kappa shape index (κ2) is 10.6. The summed E-state index contributed by atoms with van der Waals surface area (Å²) in [6.45, 7) is 2.05. The van der Waals surface area contributed by atoms with Crippen LogP contribution in [0.5, 0.6) is 17.5 Å². The molecule has 0 saturated heterocycles. The van der Waals surface area contributed by atoms with E-state index in [4.69, 9.17) is 36.0 Å². The topological polar surface area (TPSA) is 101 Å². The number of oxime groups is 1. The normalized spacial score (nSPS) is 14.0. The lowest BCUT2D eigenvalue weighted by Crippen LogP contribution is -2.16. The lowest BCUT2D eigenvalue weighted by Gasteiger charge is -2.26. The van der Waals surface area contributed by atoms with Crippen molar-refractivity contribution in [2.45, 2.75) is 19.4 Å². The van der Waals surface area contributed by atoms with Crippen molar-refractivity contribution in [2.75, 3.05) is 7.11 Å². The van der Waals surface area contributed by atoms with Gasteiger partial charge in [0.25, 0.3) is 0 Å². The minimum atomic E-state index is -0.277. The molecule has 0 amide bonds. The molecule has 3 aromatic carbocycles. The maximum atomic E-state index is 6.46. The first kappa shape index (κ1) is 25.7. The van der Waals surface area contributed by atoms with Crippen molar-refractivity contribution in [3.05, 3.63) is 124 Å². The number of hydrogen-bond acceptors (Lipinski definition) is 8. The summed E-state index contributed by atoms with van der Waals surface area (Å²) in [5.74, 6) is 1.99. The molecule has 0 radical (unpaired) electrons. The van der Waals surface area contributed by atoms with Crippen molar-refractivity contribution < 1.29 is 14.3 Å². The Morgan fingerprint density at radius 1 is 0.976 bits per heavy atom. The van der Waals surface area contributed by atoms with Crippen molar-refractivity contribution in [3.63, 3.8) is 0 Å². The lowest BCUT2D eigenvalue weighted by molar-refractivity contribution is 0.126. The molecule has 1 aliphatic heterocycles. The Morgan fingerprint density at radius 3 is 2.52 bits per heavy atom. The molecular weight excluding hydrogens is 554 g/mol. The van der Waals surface area contributed by atoms with Gasteiger partial charge >= 0.3 is 0 Å². The number of fused-ring (bicyclic) bond motifs is 4. The van der Waals surface area contributed by atoms with Crippen molar-refractivity contribution >= 4 is 23.5 Å². The summed E-state index contributed by atoms with van der Waals surface area (Å²) in [5, 5.41) is 14.2. The van der Waals surface area contributed by atoms with E-state index in [0.29, 0.717) is 28.3 Å². The minimum Gasteiger partial charge on any atom is -0.497 e. The molecule has 11 heteroatoms. The Labute approximate surface area is 245 Å². The number of aryl methyl sites for hydroxylation is 1. The summed E-state index contributed by atoms with van der Waals surface area (Å²) in [6.07, 6.45) is 3.21. The number of nitrogens with zero attached hydrogens (tertiary/aromatic N) is 7. The maximum Gasteiger partial charge on any atom is 0.230 e. The fourth-order valence-corrected chi connectivity index (χ4v) is 5.23. The number of ether oxygens (including phenoxy) is 2. The van der Waals surface area contributed by atoms with Gasteiger partial charge in [0.05, 0.1) is 41.8 Å². The molecule has 42 heavy (non-hydrogen) atoms. The second-order valence-electron chi connectivity index (χ2n) is 9.68. The Hall–Kier alpha value is -5.22. The molecule has 10 nitrogen and oxygen atoms in total. The van der Waals surface area contributed by atoms with E-state index >= 15 is 0 Å². The van der Waals surface area contributed by atoms with Gasteiger partial charge in [-0.1, -0.05) is 47.1 Å². The third-order valence-corrected chi connectivity index (χ3v) is 7.31. The van der Waals surface area contributed by atoms with Crippen LogP contribution in [0.25, 0.3) is 11.3 Å². The minimum absolute atomic E-state index is 0.0752. The van der Waals surface area contributed by atoms with E-state index in [2.05, 4.69) is 15.2 Å². The Bertz CT molecular complexity index is 1920. The largest absolute Gasteiger partial charge is 0.497 e. The van der Waals surface area contributed by atoms with Gasteiger partial charge < -0.3 is 14.3 Å². The highest BCUT2D eigenvalue weighted by atomic mass is 35.5. The third-order valence-electron chi connectivity index (χ3n) is 7.05. The highest BCUT2D eigenvalue weighted by molar-refractivity contribution is 6.30. The lowest BCUT2D eigenvalue weighted by atomic mass is 9.84. The van der Waals surface area contributed by atoms with Crippen molar-refractivity contribution in [1.29, 1.82) is 0 Å². The summed E-state index contributed by atoms with van der Waals surface area (Å²) in [7, 11) is 1.63. The fourth-order valence-electron chi connectivity index (χ4n) is 5.10. The summed E-state index contributed by atoms with van der Waals surface area (Å²) in [6, 6.07) is 25.1. The van der Waals surface area contributed by atoms with Gasteiger partial charge in [-0.25, -0.2) is 19.2 Å². The zero-order valence-electron chi connectivity index (χ0n) is 22.7. The van der Waals surface area contributed by atoms with Crippen molar-refractivity contribution in [1.82, 2.24) is 29.4 Å². The second-order valence-corrected chi connectivity index (χ2v) is 10.1. The quantitative estimate of drug-likeness (QED) is 0.166. The molecule has 0 fully saturated rings. The van der Waals surface area contributed by atoms with Crippen LogP contribution in [0.2, 0.25) is 5.02 Å². The van der Waals surface area contributed by atoms with Crippen LogP contribution in [0, 0.1) is 6.92 Å². The van der Waals surface area contributed by atoms with Crippen LogP contribution in [0.3, 0.4) is 0 Å². The summed E-state index contributed by atoms with van der Waals surface area (Å²) < 4.78 is 15.1. The number of para-hydroxylation sites is 1. The molecule has 0 bridgehead atoms. The molecule has 0 saturated carbocycles. The number of rotatable bonds is 7. The van der Waals surface area contributed by atoms with E-state index in [1.807, 2.05) is 90.5 Å². The van der Waals surface area contributed by atoms with Crippen LogP contribution < -0.4 is 9.47 Å². The first-order valence-corrected chi connectivity index (χ1v) is 13.6. The number of methoxy groups -OCH3 is 1. The molecule has 0 N–H and O–H groups in total. The van der Waals surface area contributed by atoms with Gasteiger partial charge in [0, 0.05) is 5.02 Å². The zero-order valence-corrected chi connectivity index (χ0v) is 23.4. The van der Waals surface area contributed by atoms with E-state index in [1.54, 1.807) is 24.2 Å². The van der Waals surface area contributed by atoms with Gasteiger partial charge in [-0.05, 0) is 66.6 Å². The van der Waals surface area contributed by atoms with Crippen LogP contribution in [0.15, 0.2) is 90.3 Å².